The normalized spacial score (nSPS) is 11.9. The van der Waals surface area contributed by atoms with Crippen LogP contribution in [0.15, 0.2) is 11.2 Å². The number of aryl methyl sites for hydroxylation is 1. The lowest BCUT2D eigenvalue weighted by atomic mass is 10.5. The monoisotopic (exact) mass is 249 g/mol. The molecule has 1 heterocycles. The number of hydrogen-bond donors (Lipinski definition) is 2. The van der Waals surface area contributed by atoms with Gasteiger partial charge in [0.1, 0.15) is 5.82 Å². The predicted octanol–water partition coefficient (Wildman–Crippen LogP) is 0.750. The van der Waals surface area contributed by atoms with E-state index in [-0.39, 0.29) is 5.03 Å². The Labute approximate surface area is 94.1 Å². The molecule has 0 radical (unpaired) electrons. The first-order valence-corrected chi connectivity index (χ1v) is 7.44. The lowest BCUT2D eigenvalue weighted by Crippen LogP contribution is -2.25. The highest BCUT2D eigenvalue weighted by molar-refractivity contribution is 7.98. The van der Waals surface area contributed by atoms with Gasteiger partial charge in [0.05, 0.1) is 6.20 Å². The maximum Gasteiger partial charge on any atom is 0.257 e. The average molecular weight is 249 g/mol. The number of rotatable bonds is 6. The Kier molecular flexibility index (Phi) is 4.62. The molecule has 1 aromatic rings. The fraction of sp³-hybridized carbons (Fsp3) is 0.625. The molecule has 0 spiro atoms. The van der Waals surface area contributed by atoms with E-state index in [1.165, 1.54) is 6.20 Å². The van der Waals surface area contributed by atoms with Crippen LogP contribution in [0.25, 0.3) is 0 Å². The molecule has 0 amide bonds. The van der Waals surface area contributed by atoms with Gasteiger partial charge in [0, 0.05) is 6.54 Å². The molecule has 0 fully saturated rings. The van der Waals surface area contributed by atoms with Crippen molar-refractivity contribution in [2.24, 2.45) is 0 Å². The van der Waals surface area contributed by atoms with Gasteiger partial charge in [-0.25, -0.2) is 18.1 Å². The minimum atomic E-state index is -3.40. The second kappa shape index (κ2) is 5.53. The van der Waals surface area contributed by atoms with E-state index in [0.29, 0.717) is 12.4 Å². The lowest BCUT2D eigenvalue weighted by molar-refractivity contribution is 0.577. The van der Waals surface area contributed by atoms with Gasteiger partial charge in [-0.3, -0.25) is 0 Å². The molecule has 1 rings (SSSR count). The van der Waals surface area contributed by atoms with Crippen LogP contribution in [-0.4, -0.2) is 36.9 Å². The number of thioether (sulfide) groups is 1. The Morgan fingerprint density at radius 2 is 2.33 bits per heavy atom. The fourth-order valence-corrected chi connectivity index (χ4v) is 2.51. The number of aromatic nitrogens is 2. The van der Waals surface area contributed by atoms with E-state index in [1.54, 1.807) is 18.7 Å². The van der Waals surface area contributed by atoms with E-state index in [0.717, 1.165) is 12.2 Å². The van der Waals surface area contributed by atoms with Crippen LogP contribution >= 0.6 is 11.8 Å². The molecule has 0 unspecified atom stereocenters. The molecule has 7 heteroatoms. The number of aromatic amines is 1. The molecular formula is C8H15N3O2S2. The van der Waals surface area contributed by atoms with Crippen molar-refractivity contribution in [2.75, 3.05) is 18.6 Å². The zero-order valence-electron chi connectivity index (χ0n) is 8.78. The molecule has 0 aliphatic rings. The minimum absolute atomic E-state index is 0.129. The van der Waals surface area contributed by atoms with E-state index in [4.69, 9.17) is 0 Å². The Morgan fingerprint density at radius 1 is 1.60 bits per heavy atom. The average Bonchev–Trinajstić information content (AvgIpc) is 2.60. The van der Waals surface area contributed by atoms with E-state index in [9.17, 15) is 8.42 Å². The van der Waals surface area contributed by atoms with E-state index >= 15 is 0 Å². The first-order valence-electron chi connectivity index (χ1n) is 4.56. The molecule has 0 atom stereocenters. The second-order valence-electron chi connectivity index (χ2n) is 3.08. The summed E-state index contributed by atoms with van der Waals surface area (Å²) >= 11 is 1.70. The van der Waals surface area contributed by atoms with Crippen molar-refractivity contribution < 1.29 is 8.42 Å². The van der Waals surface area contributed by atoms with Gasteiger partial charge in [-0.1, -0.05) is 0 Å². The molecule has 0 saturated heterocycles. The first-order chi connectivity index (χ1) is 7.06. The van der Waals surface area contributed by atoms with Gasteiger partial charge in [0.15, 0.2) is 5.03 Å². The molecule has 0 aliphatic heterocycles. The summed E-state index contributed by atoms with van der Waals surface area (Å²) in [5.74, 6) is 1.55. The van der Waals surface area contributed by atoms with Gasteiger partial charge < -0.3 is 4.98 Å². The van der Waals surface area contributed by atoms with Crippen molar-refractivity contribution in [1.29, 1.82) is 0 Å². The second-order valence-corrected chi connectivity index (χ2v) is 5.80. The number of hydrogen-bond acceptors (Lipinski definition) is 4. The molecule has 2 N–H and O–H groups in total. The molecule has 0 aliphatic carbocycles. The summed E-state index contributed by atoms with van der Waals surface area (Å²) in [5.41, 5.74) is 0. The van der Waals surface area contributed by atoms with E-state index in [2.05, 4.69) is 14.7 Å². The van der Waals surface area contributed by atoms with Crippen LogP contribution in [0.2, 0.25) is 0 Å². The maximum absolute atomic E-state index is 11.6. The van der Waals surface area contributed by atoms with Gasteiger partial charge in [0.25, 0.3) is 10.0 Å². The van der Waals surface area contributed by atoms with Crippen LogP contribution in [0, 0.1) is 6.92 Å². The van der Waals surface area contributed by atoms with Gasteiger partial charge in [-0.2, -0.15) is 11.8 Å². The van der Waals surface area contributed by atoms with Crippen molar-refractivity contribution in [3.63, 3.8) is 0 Å². The highest BCUT2D eigenvalue weighted by Gasteiger charge is 2.15. The first kappa shape index (κ1) is 12.5. The topological polar surface area (TPSA) is 74.8 Å². The third kappa shape index (κ3) is 3.84. The number of sulfonamides is 1. The molecular weight excluding hydrogens is 234 g/mol. The van der Waals surface area contributed by atoms with Gasteiger partial charge >= 0.3 is 0 Å². The summed E-state index contributed by atoms with van der Waals surface area (Å²) in [6.07, 6.45) is 4.15. The van der Waals surface area contributed by atoms with Crippen LogP contribution in [0.5, 0.6) is 0 Å². The smallest absolute Gasteiger partial charge is 0.257 e. The number of nitrogens with one attached hydrogen (secondary N) is 2. The maximum atomic E-state index is 11.6. The van der Waals surface area contributed by atoms with Crippen LogP contribution < -0.4 is 4.72 Å². The van der Waals surface area contributed by atoms with Crippen LogP contribution in [0.4, 0.5) is 0 Å². The highest BCUT2D eigenvalue weighted by atomic mass is 32.2. The SMILES string of the molecule is CSCCCNS(=O)(=O)c1cnc(C)[nH]1. The highest BCUT2D eigenvalue weighted by Crippen LogP contribution is 2.04. The summed E-state index contributed by atoms with van der Waals surface area (Å²) in [5, 5.41) is 0.129. The molecule has 0 saturated carbocycles. The van der Waals surface area contributed by atoms with E-state index in [1.807, 2.05) is 6.26 Å². The van der Waals surface area contributed by atoms with Crippen molar-refractivity contribution in [1.82, 2.24) is 14.7 Å². The largest absolute Gasteiger partial charge is 0.332 e. The van der Waals surface area contributed by atoms with Crippen LogP contribution in [0.3, 0.4) is 0 Å². The summed E-state index contributed by atoms with van der Waals surface area (Å²) in [4.78, 5) is 6.54. The third-order valence-corrected chi connectivity index (χ3v) is 3.85. The van der Waals surface area contributed by atoms with Crippen molar-refractivity contribution in [3.8, 4) is 0 Å². The molecule has 15 heavy (non-hydrogen) atoms. The summed E-state index contributed by atoms with van der Waals surface area (Å²) < 4.78 is 25.8. The Morgan fingerprint density at radius 3 is 2.87 bits per heavy atom. The molecule has 0 bridgehead atoms. The molecule has 86 valence electrons. The van der Waals surface area contributed by atoms with Crippen LogP contribution in [-0.2, 0) is 10.0 Å². The van der Waals surface area contributed by atoms with Gasteiger partial charge in [-0.05, 0) is 25.4 Å². The predicted molar refractivity (Wildman–Crippen MR) is 61.5 cm³/mol. The fourth-order valence-electron chi connectivity index (χ4n) is 1.04. The number of H-pyrrole nitrogens is 1. The van der Waals surface area contributed by atoms with Crippen molar-refractivity contribution >= 4 is 21.8 Å². The minimum Gasteiger partial charge on any atom is -0.332 e. The standard InChI is InChI=1S/C8H15N3O2S2/c1-7-9-6-8(11-7)15(12,13)10-4-3-5-14-2/h6,10H,3-5H2,1-2H3,(H,9,11). The molecule has 0 aromatic carbocycles. The molecule has 5 nitrogen and oxygen atoms in total. The zero-order chi connectivity index (χ0) is 11.3. The summed E-state index contributed by atoms with van der Waals surface area (Å²) in [6, 6.07) is 0. The Balaban J connectivity index is 2.53. The number of imidazole rings is 1. The third-order valence-electron chi connectivity index (χ3n) is 1.79. The summed E-state index contributed by atoms with van der Waals surface area (Å²) in [7, 11) is -3.40. The quantitative estimate of drug-likeness (QED) is 0.730. The molecule has 1 aromatic heterocycles. The van der Waals surface area contributed by atoms with E-state index < -0.39 is 10.0 Å². The number of nitrogens with zero attached hydrogens (tertiary/aromatic N) is 1. The van der Waals surface area contributed by atoms with Crippen molar-refractivity contribution in [3.05, 3.63) is 12.0 Å². The summed E-state index contributed by atoms with van der Waals surface area (Å²) in [6.45, 7) is 2.17. The van der Waals surface area contributed by atoms with Gasteiger partial charge in [-0.15, -0.1) is 0 Å². The van der Waals surface area contributed by atoms with Gasteiger partial charge in [0.2, 0.25) is 0 Å². The Bertz CT molecular complexity index is 400. The van der Waals surface area contributed by atoms with Crippen LogP contribution in [0.1, 0.15) is 12.2 Å². The van der Waals surface area contributed by atoms with Crippen molar-refractivity contribution in [2.45, 2.75) is 18.4 Å². The zero-order valence-corrected chi connectivity index (χ0v) is 10.4. The lowest BCUT2D eigenvalue weighted by Gasteiger charge is -2.03. The Hall–Kier alpha value is -0.530.